The zero-order valence-corrected chi connectivity index (χ0v) is 14.9. The fourth-order valence-corrected chi connectivity index (χ4v) is 2.64. The molecule has 26 heavy (non-hydrogen) atoms. The molecule has 3 aromatic carbocycles. The topological polar surface area (TPSA) is 76.7 Å². The van der Waals surface area contributed by atoms with Gasteiger partial charge in [-0.3, -0.25) is 5.43 Å². The van der Waals surface area contributed by atoms with Gasteiger partial charge in [-0.1, -0.05) is 48.0 Å². The number of hydrogen-bond donors (Lipinski definition) is 2. The molecule has 6 heteroatoms. The minimum atomic E-state index is -0.430. The Morgan fingerprint density at radius 3 is 2.73 bits per heavy atom. The Bertz CT molecular complexity index is 1010. The highest BCUT2D eigenvalue weighted by molar-refractivity contribution is 7.80. The van der Waals surface area contributed by atoms with Gasteiger partial charge in [0.15, 0.2) is 5.11 Å². The molecule has 0 saturated heterocycles. The standard InChI is InChI=1S/C20H17N3O2S/c1-13-5-4-7-15(11-13)19(24)25-18-10-9-14-6-2-3-8-16(14)17(18)12-22-23-20(21)26/h2-12H,1H3,(H3,21,23,26)/b22-12+. The van der Waals surface area contributed by atoms with Crippen LogP contribution < -0.4 is 15.9 Å². The number of ether oxygens (including phenoxy) is 1. The monoisotopic (exact) mass is 363 g/mol. The van der Waals surface area contributed by atoms with E-state index < -0.39 is 5.97 Å². The summed E-state index contributed by atoms with van der Waals surface area (Å²) in [5.41, 5.74) is 10.1. The summed E-state index contributed by atoms with van der Waals surface area (Å²) in [5, 5.41) is 5.97. The number of aryl methyl sites for hydroxylation is 1. The van der Waals surface area contributed by atoms with Crippen LogP contribution in [0.1, 0.15) is 21.5 Å². The molecule has 0 aliphatic rings. The third-order valence-electron chi connectivity index (χ3n) is 3.76. The van der Waals surface area contributed by atoms with Gasteiger partial charge >= 0.3 is 5.97 Å². The SMILES string of the molecule is Cc1cccc(C(=O)Oc2ccc3ccccc3c2/C=N/NC(N)=S)c1. The summed E-state index contributed by atoms with van der Waals surface area (Å²) in [6.45, 7) is 1.92. The van der Waals surface area contributed by atoms with E-state index in [2.05, 4.69) is 10.5 Å². The number of carbonyl (C=O) groups is 1. The molecular formula is C20H17N3O2S. The average molecular weight is 363 g/mol. The Labute approximate surface area is 156 Å². The van der Waals surface area contributed by atoms with Crippen LogP contribution >= 0.6 is 12.2 Å². The molecule has 0 unspecified atom stereocenters. The number of benzene rings is 3. The highest BCUT2D eigenvalue weighted by atomic mass is 32.1. The number of nitrogens with one attached hydrogen (secondary N) is 1. The number of hydrogen-bond acceptors (Lipinski definition) is 4. The third-order valence-corrected chi connectivity index (χ3v) is 3.85. The van der Waals surface area contributed by atoms with Gasteiger partial charge in [-0.25, -0.2) is 4.79 Å². The number of thiocarbonyl (C=S) groups is 1. The zero-order valence-electron chi connectivity index (χ0n) is 14.1. The molecule has 0 aliphatic carbocycles. The Balaban J connectivity index is 2.00. The predicted octanol–water partition coefficient (Wildman–Crippen LogP) is 3.53. The van der Waals surface area contributed by atoms with Gasteiger partial charge in [0, 0.05) is 5.56 Å². The van der Waals surface area contributed by atoms with Crippen LogP contribution in [0.5, 0.6) is 5.75 Å². The summed E-state index contributed by atoms with van der Waals surface area (Å²) in [7, 11) is 0. The Morgan fingerprint density at radius 2 is 1.96 bits per heavy atom. The lowest BCUT2D eigenvalue weighted by Gasteiger charge is -2.11. The molecule has 0 atom stereocenters. The van der Waals surface area contributed by atoms with Crippen molar-refractivity contribution in [1.82, 2.24) is 5.43 Å². The third kappa shape index (κ3) is 4.04. The van der Waals surface area contributed by atoms with Gasteiger partial charge < -0.3 is 10.5 Å². The summed E-state index contributed by atoms with van der Waals surface area (Å²) in [6.07, 6.45) is 1.54. The van der Waals surface area contributed by atoms with Crippen LogP contribution in [0.3, 0.4) is 0 Å². The molecule has 3 N–H and O–H groups in total. The van der Waals surface area contributed by atoms with E-state index in [0.29, 0.717) is 16.9 Å². The highest BCUT2D eigenvalue weighted by Gasteiger charge is 2.13. The molecule has 0 fully saturated rings. The Hall–Kier alpha value is -3.25. The van der Waals surface area contributed by atoms with Crippen molar-refractivity contribution in [1.29, 1.82) is 0 Å². The molecule has 0 saturated carbocycles. The second-order valence-electron chi connectivity index (χ2n) is 5.69. The number of nitrogens with two attached hydrogens (primary N) is 1. The summed E-state index contributed by atoms with van der Waals surface area (Å²) in [5.74, 6) is -0.0235. The van der Waals surface area contributed by atoms with E-state index in [1.165, 1.54) is 0 Å². The van der Waals surface area contributed by atoms with Crippen molar-refractivity contribution in [2.45, 2.75) is 6.92 Å². The van der Waals surface area contributed by atoms with Gasteiger partial charge in [-0.2, -0.15) is 5.10 Å². The molecule has 5 nitrogen and oxygen atoms in total. The largest absolute Gasteiger partial charge is 0.422 e. The van der Waals surface area contributed by atoms with Crippen LogP contribution in [0, 0.1) is 6.92 Å². The number of hydrazone groups is 1. The van der Waals surface area contributed by atoms with Crippen molar-refractivity contribution < 1.29 is 9.53 Å². The van der Waals surface area contributed by atoms with E-state index >= 15 is 0 Å². The van der Waals surface area contributed by atoms with Crippen molar-refractivity contribution in [2.24, 2.45) is 10.8 Å². The van der Waals surface area contributed by atoms with Crippen molar-refractivity contribution in [3.05, 3.63) is 77.4 Å². The van der Waals surface area contributed by atoms with Gasteiger partial charge in [-0.05, 0) is 48.1 Å². The molecule has 0 radical (unpaired) electrons. The van der Waals surface area contributed by atoms with Crippen LogP contribution in [0.25, 0.3) is 10.8 Å². The molecule has 0 amide bonds. The van der Waals surface area contributed by atoms with Crippen LogP contribution in [0.15, 0.2) is 65.8 Å². The maximum atomic E-state index is 12.5. The Kier molecular flexibility index (Phi) is 5.24. The van der Waals surface area contributed by atoms with E-state index in [9.17, 15) is 4.79 Å². The number of esters is 1. The lowest BCUT2D eigenvalue weighted by molar-refractivity contribution is 0.0734. The average Bonchev–Trinajstić information content (AvgIpc) is 2.63. The number of carbonyl (C=O) groups excluding carboxylic acids is 1. The molecule has 0 heterocycles. The molecule has 0 aliphatic heterocycles. The first-order valence-corrected chi connectivity index (χ1v) is 8.34. The van der Waals surface area contributed by atoms with Crippen molar-refractivity contribution in [3.8, 4) is 5.75 Å². The second-order valence-corrected chi connectivity index (χ2v) is 6.13. The molecule has 3 rings (SSSR count). The molecule has 3 aromatic rings. The maximum absolute atomic E-state index is 12.5. The lowest BCUT2D eigenvalue weighted by Crippen LogP contribution is -2.24. The molecule has 0 spiro atoms. The van der Waals surface area contributed by atoms with E-state index in [4.69, 9.17) is 22.7 Å². The minimum Gasteiger partial charge on any atom is -0.422 e. The van der Waals surface area contributed by atoms with E-state index in [0.717, 1.165) is 16.3 Å². The van der Waals surface area contributed by atoms with Crippen LogP contribution in [-0.2, 0) is 0 Å². The van der Waals surface area contributed by atoms with Crippen molar-refractivity contribution in [2.75, 3.05) is 0 Å². The first-order chi connectivity index (χ1) is 12.5. The van der Waals surface area contributed by atoms with Gasteiger partial charge in [0.1, 0.15) is 5.75 Å². The predicted molar refractivity (Wildman–Crippen MR) is 108 cm³/mol. The van der Waals surface area contributed by atoms with Crippen LogP contribution in [0.2, 0.25) is 0 Å². The first-order valence-electron chi connectivity index (χ1n) is 7.94. The van der Waals surface area contributed by atoms with Gasteiger partial charge in [-0.15, -0.1) is 0 Å². The van der Waals surface area contributed by atoms with Gasteiger partial charge in [0.25, 0.3) is 0 Å². The van der Waals surface area contributed by atoms with Crippen molar-refractivity contribution in [3.63, 3.8) is 0 Å². The fourth-order valence-electron chi connectivity index (χ4n) is 2.59. The number of nitrogens with zero attached hydrogens (tertiary/aromatic N) is 1. The maximum Gasteiger partial charge on any atom is 0.343 e. The summed E-state index contributed by atoms with van der Waals surface area (Å²) in [6, 6.07) is 18.6. The zero-order chi connectivity index (χ0) is 18.5. The molecule has 130 valence electrons. The highest BCUT2D eigenvalue weighted by Crippen LogP contribution is 2.27. The molecule has 0 bridgehead atoms. The normalized spacial score (nSPS) is 10.8. The molecular weight excluding hydrogens is 346 g/mol. The minimum absolute atomic E-state index is 0.0554. The fraction of sp³-hybridized carbons (Fsp3) is 0.0500. The number of rotatable bonds is 4. The quantitative estimate of drug-likeness (QED) is 0.244. The van der Waals surface area contributed by atoms with Crippen LogP contribution in [-0.4, -0.2) is 17.3 Å². The first kappa shape index (κ1) is 17.6. The Morgan fingerprint density at radius 1 is 1.15 bits per heavy atom. The molecule has 0 aromatic heterocycles. The lowest BCUT2D eigenvalue weighted by atomic mass is 10.0. The van der Waals surface area contributed by atoms with E-state index in [1.807, 2.05) is 49.4 Å². The van der Waals surface area contributed by atoms with Crippen molar-refractivity contribution >= 4 is 40.3 Å². The summed E-state index contributed by atoms with van der Waals surface area (Å²) >= 11 is 4.75. The second kappa shape index (κ2) is 7.76. The van der Waals surface area contributed by atoms with Gasteiger partial charge in [0.05, 0.1) is 11.8 Å². The van der Waals surface area contributed by atoms with E-state index in [-0.39, 0.29) is 5.11 Å². The summed E-state index contributed by atoms with van der Waals surface area (Å²) < 4.78 is 5.63. The van der Waals surface area contributed by atoms with Crippen LogP contribution in [0.4, 0.5) is 0 Å². The number of fused-ring (bicyclic) bond motifs is 1. The smallest absolute Gasteiger partial charge is 0.343 e. The summed E-state index contributed by atoms with van der Waals surface area (Å²) in [4.78, 5) is 12.5. The van der Waals surface area contributed by atoms with E-state index in [1.54, 1.807) is 24.4 Å². The van der Waals surface area contributed by atoms with Gasteiger partial charge in [0.2, 0.25) is 0 Å².